The smallest absolute Gasteiger partial charge is 0.313 e. The van der Waals surface area contributed by atoms with Crippen LogP contribution in [0.25, 0.3) is 0 Å². The molecule has 8 heteroatoms. The van der Waals surface area contributed by atoms with Crippen molar-refractivity contribution in [3.8, 4) is 11.5 Å². The lowest BCUT2D eigenvalue weighted by Gasteiger charge is -2.11. The number of hydrogen-bond donors (Lipinski definition) is 0. The van der Waals surface area contributed by atoms with Crippen LogP contribution in [0.5, 0.6) is 11.5 Å². The molecule has 0 bridgehead atoms. The normalized spacial score (nSPS) is 10.5. The number of benzene rings is 2. The van der Waals surface area contributed by atoms with Crippen LogP contribution in [0.15, 0.2) is 30.3 Å². The van der Waals surface area contributed by atoms with Crippen molar-refractivity contribution < 1.29 is 14.1 Å². The largest absolute Gasteiger partial charge is 0.450 e. The van der Waals surface area contributed by atoms with Crippen molar-refractivity contribution in [2.45, 2.75) is 5.88 Å². The van der Waals surface area contributed by atoms with Crippen molar-refractivity contribution in [1.82, 2.24) is 0 Å². The number of nitro benzene ring substituents is 1. The van der Waals surface area contributed by atoms with Crippen molar-refractivity contribution in [2.24, 2.45) is 0 Å². The van der Waals surface area contributed by atoms with E-state index < -0.39 is 10.7 Å². The van der Waals surface area contributed by atoms with Crippen molar-refractivity contribution >= 4 is 40.5 Å². The third kappa shape index (κ3) is 3.37. The van der Waals surface area contributed by atoms with E-state index >= 15 is 0 Å². The predicted molar refractivity (Wildman–Crippen MR) is 79.1 cm³/mol. The minimum Gasteiger partial charge on any atom is -0.450 e. The zero-order chi connectivity index (χ0) is 15.6. The van der Waals surface area contributed by atoms with Gasteiger partial charge in [0.05, 0.1) is 20.8 Å². The second-order valence-corrected chi connectivity index (χ2v) is 5.03. The number of halogens is 4. The molecule has 110 valence electrons. The summed E-state index contributed by atoms with van der Waals surface area (Å²) >= 11 is 17.2. The molecule has 0 spiro atoms. The van der Waals surface area contributed by atoms with E-state index in [0.717, 1.165) is 6.07 Å². The summed E-state index contributed by atoms with van der Waals surface area (Å²) in [5.74, 6) is -0.778. The van der Waals surface area contributed by atoms with Crippen molar-refractivity contribution in [1.29, 1.82) is 0 Å². The fraction of sp³-hybridized carbons (Fsp3) is 0.0769. The lowest BCUT2D eigenvalue weighted by molar-refractivity contribution is -0.385. The van der Waals surface area contributed by atoms with E-state index in [1.807, 2.05) is 0 Å². The van der Waals surface area contributed by atoms with E-state index in [1.54, 1.807) is 0 Å². The lowest BCUT2D eigenvalue weighted by atomic mass is 10.2. The minimum atomic E-state index is -0.669. The van der Waals surface area contributed by atoms with Crippen molar-refractivity contribution in [3.63, 3.8) is 0 Å². The first-order chi connectivity index (χ1) is 9.93. The average Bonchev–Trinajstić information content (AvgIpc) is 2.42. The number of alkyl halides is 1. The highest BCUT2D eigenvalue weighted by molar-refractivity contribution is 6.42. The lowest BCUT2D eigenvalue weighted by Crippen LogP contribution is -1.97. The number of ether oxygens (including phenoxy) is 1. The molecule has 0 aliphatic carbocycles. The molecule has 0 saturated heterocycles. The van der Waals surface area contributed by atoms with Crippen LogP contribution < -0.4 is 4.74 Å². The second kappa shape index (κ2) is 6.47. The summed E-state index contributed by atoms with van der Waals surface area (Å²) in [6, 6.07) is 6.34. The predicted octanol–water partition coefficient (Wildman–Crippen LogP) is 5.57. The quantitative estimate of drug-likeness (QED) is 0.411. The first kappa shape index (κ1) is 15.8. The van der Waals surface area contributed by atoms with E-state index in [-0.39, 0.29) is 38.7 Å². The molecule has 0 aromatic heterocycles. The van der Waals surface area contributed by atoms with E-state index in [4.69, 9.17) is 39.5 Å². The zero-order valence-corrected chi connectivity index (χ0v) is 12.5. The molecule has 0 fully saturated rings. The second-order valence-electron chi connectivity index (χ2n) is 3.94. The molecule has 2 aromatic rings. The summed E-state index contributed by atoms with van der Waals surface area (Å²) in [6.45, 7) is 0. The van der Waals surface area contributed by atoms with Gasteiger partial charge in [-0.3, -0.25) is 10.1 Å². The summed E-state index contributed by atoms with van der Waals surface area (Å²) in [7, 11) is 0. The Labute approximate surface area is 134 Å². The Hall–Kier alpha value is -1.56. The topological polar surface area (TPSA) is 52.4 Å². The van der Waals surface area contributed by atoms with Crippen LogP contribution in [-0.4, -0.2) is 4.92 Å². The Bertz CT molecular complexity index is 709. The van der Waals surface area contributed by atoms with Gasteiger partial charge >= 0.3 is 5.69 Å². The molecule has 0 radical (unpaired) electrons. The Balaban J connectivity index is 2.51. The number of nitrogens with zero attached hydrogens (tertiary/aromatic N) is 1. The van der Waals surface area contributed by atoms with E-state index in [9.17, 15) is 14.5 Å². The molecule has 4 nitrogen and oxygen atoms in total. The third-order valence-electron chi connectivity index (χ3n) is 2.63. The number of rotatable bonds is 4. The Kier molecular flexibility index (Phi) is 4.88. The summed E-state index contributed by atoms with van der Waals surface area (Å²) in [4.78, 5) is 10.4. The maximum Gasteiger partial charge on any atom is 0.313 e. The fourth-order valence-electron chi connectivity index (χ4n) is 1.63. The standard InChI is InChI=1S/C13H7Cl3FNO3/c14-6-7-10(17)2-1-3-12(7)21-13-5-9(16)8(15)4-11(13)18(19)20/h1-5H,6H2. The molecule has 2 aromatic carbocycles. The number of hydrogen-bond acceptors (Lipinski definition) is 3. The molecule has 0 atom stereocenters. The van der Waals surface area contributed by atoms with Gasteiger partial charge in [0.1, 0.15) is 11.6 Å². The molecule has 0 N–H and O–H groups in total. The van der Waals surface area contributed by atoms with Gasteiger partial charge in [0.2, 0.25) is 5.75 Å². The van der Waals surface area contributed by atoms with Crippen LogP contribution in [-0.2, 0) is 5.88 Å². The molecule has 0 aliphatic heterocycles. The third-order valence-corrected chi connectivity index (χ3v) is 3.62. The molecule has 0 amide bonds. The van der Waals surface area contributed by atoms with Crippen LogP contribution >= 0.6 is 34.8 Å². The SMILES string of the molecule is O=[N+]([O-])c1cc(Cl)c(Cl)cc1Oc1cccc(F)c1CCl. The zero-order valence-electron chi connectivity index (χ0n) is 10.3. The highest BCUT2D eigenvalue weighted by atomic mass is 35.5. The monoisotopic (exact) mass is 349 g/mol. The summed E-state index contributed by atoms with van der Waals surface area (Å²) in [6.07, 6.45) is 0. The fourth-order valence-corrected chi connectivity index (χ4v) is 2.20. The van der Waals surface area contributed by atoms with Gasteiger partial charge in [-0.2, -0.15) is 0 Å². The van der Waals surface area contributed by atoms with Gasteiger partial charge < -0.3 is 4.74 Å². The number of nitro groups is 1. The van der Waals surface area contributed by atoms with Gasteiger partial charge in [-0.05, 0) is 12.1 Å². The molecule has 0 unspecified atom stereocenters. The molecular formula is C13H7Cl3FNO3. The van der Waals surface area contributed by atoms with E-state index in [1.165, 1.54) is 24.3 Å². The summed E-state index contributed by atoms with van der Waals surface area (Å²) in [5, 5.41) is 11.1. The molecule has 0 aliphatic rings. The van der Waals surface area contributed by atoms with Crippen LogP contribution in [0.2, 0.25) is 10.0 Å². The highest BCUT2D eigenvalue weighted by Gasteiger charge is 2.20. The summed E-state index contributed by atoms with van der Waals surface area (Å²) in [5.41, 5.74) is -0.284. The van der Waals surface area contributed by atoms with Crippen molar-refractivity contribution in [3.05, 3.63) is 61.9 Å². The molecule has 0 heterocycles. The van der Waals surface area contributed by atoms with Crippen LogP contribution in [0.1, 0.15) is 5.56 Å². The Morgan fingerprint density at radius 2 is 1.86 bits per heavy atom. The molecule has 0 saturated carbocycles. The minimum absolute atomic E-state index is 0.0209. The highest BCUT2D eigenvalue weighted by Crippen LogP contribution is 2.39. The van der Waals surface area contributed by atoms with Gasteiger partial charge in [0.15, 0.2) is 0 Å². The first-order valence-corrected chi connectivity index (χ1v) is 6.87. The van der Waals surface area contributed by atoms with E-state index in [0.29, 0.717) is 0 Å². The Morgan fingerprint density at radius 1 is 1.19 bits per heavy atom. The first-order valence-electron chi connectivity index (χ1n) is 5.58. The molecular weight excluding hydrogens is 344 g/mol. The van der Waals surface area contributed by atoms with Crippen LogP contribution in [0.3, 0.4) is 0 Å². The molecule has 21 heavy (non-hydrogen) atoms. The van der Waals surface area contributed by atoms with Gasteiger partial charge in [-0.15, -0.1) is 11.6 Å². The maximum absolute atomic E-state index is 13.6. The van der Waals surface area contributed by atoms with Gasteiger partial charge in [0, 0.05) is 17.7 Å². The van der Waals surface area contributed by atoms with E-state index in [2.05, 4.69) is 0 Å². The van der Waals surface area contributed by atoms with Crippen LogP contribution in [0.4, 0.5) is 10.1 Å². The van der Waals surface area contributed by atoms with Gasteiger partial charge in [-0.25, -0.2) is 4.39 Å². The Morgan fingerprint density at radius 3 is 2.48 bits per heavy atom. The molecule has 2 rings (SSSR count). The average molecular weight is 351 g/mol. The van der Waals surface area contributed by atoms with Gasteiger partial charge in [0.25, 0.3) is 0 Å². The van der Waals surface area contributed by atoms with Crippen LogP contribution in [0, 0.1) is 15.9 Å². The van der Waals surface area contributed by atoms with Gasteiger partial charge in [-0.1, -0.05) is 29.3 Å². The summed E-state index contributed by atoms with van der Waals surface area (Å²) < 4.78 is 19.0. The maximum atomic E-state index is 13.6. The van der Waals surface area contributed by atoms with Crippen molar-refractivity contribution in [2.75, 3.05) is 0 Å².